The van der Waals surface area contributed by atoms with E-state index in [4.69, 9.17) is 4.74 Å². The van der Waals surface area contributed by atoms with Crippen molar-refractivity contribution >= 4 is 17.6 Å². The van der Waals surface area contributed by atoms with Gasteiger partial charge in [-0.25, -0.2) is 4.79 Å². The van der Waals surface area contributed by atoms with Crippen LogP contribution in [0.5, 0.6) is 11.5 Å². The van der Waals surface area contributed by atoms with Crippen molar-refractivity contribution in [2.45, 2.75) is 25.9 Å². The molecule has 182 valence electrons. The molecule has 3 aromatic rings. The molecule has 1 amide bonds. The highest BCUT2D eigenvalue weighted by molar-refractivity contribution is 5.89. The van der Waals surface area contributed by atoms with Crippen LogP contribution < -0.4 is 10.1 Å². The summed E-state index contributed by atoms with van der Waals surface area (Å²) in [4.78, 5) is 28.7. The van der Waals surface area contributed by atoms with Gasteiger partial charge >= 0.3 is 5.97 Å². The highest BCUT2D eigenvalue weighted by Gasteiger charge is 2.24. The minimum atomic E-state index is -0.910. The number of hydrogen-bond donors (Lipinski definition) is 2. The maximum atomic E-state index is 13.1. The third kappa shape index (κ3) is 6.61. The van der Waals surface area contributed by atoms with Crippen LogP contribution in [-0.2, 0) is 11.3 Å². The second kappa shape index (κ2) is 11.5. The van der Waals surface area contributed by atoms with Gasteiger partial charge in [0.25, 0.3) is 0 Å². The smallest absolute Gasteiger partial charge is 0.336 e. The van der Waals surface area contributed by atoms with Gasteiger partial charge in [0.1, 0.15) is 17.5 Å². The largest absolute Gasteiger partial charge is 0.478 e. The summed E-state index contributed by atoms with van der Waals surface area (Å²) in [6, 6.07) is 23.9. The Morgan fingerprint density at radius 3 is 2.31 bits per heavy atom. The molecule has 2 N–H and O–H groups in total. The molecule has 1 aliphatic heterocycles. The van der Waals surface area contributed by atoms with Gasteiger partial charge in [-0.1, -0.05) is 36.4 Å². The van der Waals surface area contributed by atoms with E-state index >= 15 is 0 Å². The van der Waals surface area contributed by atoms with Crippen LogP contribution >= 0.6 is 0 Å². The van der Waals surface area contributed by atoms with Crippen LogP contribution in [0, 0.1) is 0 Å². The molecule has 0 saturated carbocycles. The third-order valence-electron chi connectivity index (χ3n) is 6.13. The molecule has 7 heteroatoms. The Labute approximate surface area is 205 Å². The second-order valence-electron chi connectivity index (χ2n) is 8.72. The first kappa shape index (κ1) is 24.3. The van der Waals surface area contributed by atoms with Gasteiger partial charge < -0.3 is 20.1 Å². The summed E-state index contributed by atoms with van der Waals surface area (Å²) in [5, 5.41) is 12.7. The van der Waals surface area contributed by atoms with Gasteiger partial charge in [0.05, 0.1) is 5.56 Å². The predicted octanol–water partition coefficient (Wildman–Crippen LogP) is 4.71. The first-order chi connectivity index (χ1) is 17.0. The minimum absolute atomic E-state index is 0.0578. The number of para-hydroxylation sites is 1. The van der Waals surface area contributed by atoms with E-state index in [0.29, 0.717) is 31.7 Å². The zero-order valence-corrected chi connectivity index (χ0v) is 19.9. The fourth-order valence-electron chi connectivity index (χ4n) is 4.29. The summed E-state index contributed by atoms with van der Waals surface area (Å²) in [7, 11) is 0. The Morgan fingerprint density at radius 2 is 1.57 bits per heavy atom. The molecule has 35 heavy (non-hydrogen) atoms. The SMILES string of the molecule is CC(Nc1ccc(Oc2ccccc2)cc1)C(=O)N1CCCN(Cc2ccccc2C(=O)O)CC1. The van der Waals surface area contributed by atoms with Gasteiger partial charge in [-0.2, -0.15) is 0 Å². The Hall–Kier alpha value is -3.84. The Morgan fingerprint density at radius 1 is 0.886 bits per heavy atom. The highest BCUT2D eigenvalue weighted by Crippen LogP contribution is 2.23. The average Bonchev–Trinajstić information content (AvgIpc) is 3.11. The van der Waals surface area contributed by atoms with Crippen LogP contribution in [0.2, 0.25) is 0 Å². The van der Waals surface area contributed by atoms with Crippen molar-refractivity contribution in [3.63, 3.8) is 0 Å². The number of carboxylic acids is 1. The zero-order valence-electron chi connectivity index (χ0n) is 19.9. The Bertz CT molecular complexity index is 1130. The number of benzene rings is 3. The molecule has 1 unspecified atom stereocenters. The van der Waals surface area contributed by atoms with Crippen molar-refractivity contribution in [2.24, 2.45) is 0 Å². The molecule has 0 radical (unpaired) electrons. The molecule has 3 aromatic carbocycles. The lowest BCUT2D eigenvalue weighted by molar-refractivity contribution is -0.131. The summed E-state index contributed by atoms with van der Waals surface area (Å²) in [5.74, 6) is 0.658. The standard InChI is InChI=1S/C28H31N3O4/c1-21(29-23-12-14-25(15-13-23)35-24-9-3-2-4-10-24)27(32)31-17-7-16-30(18-19-31)20-22-8-5-6-11-26(22)28(33)34/h2-6,8-15,21,29H,7,16-20H2,1H3,(H,33,34). The molecule has 1 fully saturated rings. The van der Waals surface area contributed by atoms with Crippen molar-refractivity contribution in [2.75, 3.05) is 31.5 Å². The fourth-order valence-corrected chi connectivity index (χ4v) is 4.29. The molecular formula is C28H31N3O4. The summed E-state index contributed by atoms with van der Waals surface area (Å²) in [5.41, 5.74) is 1.99. The van der Waals surface area contributed by atoms with Crippen molar-refractivity contribution < 1.29 is 19.4 Å². The van der Waals surface area contributed by atoms with Gasteiger partial charge in [0.15, 0.2) is 0 Å². The van der Waals surface area contributed by atoms with Gasteiger partial charge in [-0.05, 0) is 61.4 Å². The van der Waals surface area contributed by atoms with E-state index in [1.54, 1.807) is 12.1 Å². The van der Waals surface area contributed by atoms with E-state index in [1.807, 2.05) is 78.6 Å². The quantitative estimate of drug-likeness (QED) is 0.493. The molecule has 0 aromatic heterocycles. The Balaban J connectivity index is 1.29. The van der Waals surface area contributed by atoms with Crippen LogP contribution in [0.4, 0.5) is 5.69 Å². The molecule has 0 spiro atoms. The van der Waals surface area contributed by atoms with Crippen LogP contribution in [0.25, 0.3) is 0 Å². The maximum Gasteiger partial charge on any atom is 0.336 e. The van der Waals surface area contributed by atoms with Crippen LogP contribution in [0.3, 0.4) is 0 Å². The average molecular weight is 474 g/mol. The molecule has 4 rings (SSSR count). The van der Waals surface area contributed by atoms with E-state index in [9.17, 15) is 14.7 Å². The number of ether oxygens (including phenoxy) is 1. The van der Waals surface area contributed by atoms with Crippen LogP contribution in [0.15, 0.2) is 78.9 Å². The van der Waals surface area contributed by atoms with E-state index < -0.39 is 5.97 Å². The molecule has 1 heterocycles. The molecule has 1 atom stereocenters. The highest BCUT2D eigenvalue weighted by atomic mass is 16.5. The van der Waals surface area contributed by atoms with E-state index in [2.05, 4.69) is 10.2 Å². The third-order valence-corrected chi connectivity index (χ3v) is 6.13. The van der Waals surface area contributed by atoms with E-state index in [-0.39, 0.29) is 11.9 Å². The number of aromatic carboxylic acids is 1. The molecule has 0 bridgehead atoms. The fraction of sp³-hybridized carbons (Fsp3) is 0.286. The van der Waals surface area contributed by atoms with Crippen molar-refractivity contribution in [3.8, 4) is 11.5 Å². The number of carbonyl (C=O) groups excluding carboxylic acids is 1. The maximum absolute atomic E-state index is 13.1. The lowest BCUT2D eigenvalue weighted by atomic mass is 10.1. The monoisotopic (exact) mass is 473 g/mol. The zero-order chi connectivity index (χ0) is 24.6. The number of carbonyl (C=O) groups is 2. The summed E-state index contributed by atoms with van der Waals surface area (Å²) in [6.45, 7) is 5.27. The van der Waals surface area contributed by atoms with Gasteiger partial charge in [-0.3, -0.25) is 9.69 Å². The number of anilines is 1. The summed E-state index contributed by atoms with van der Waals surface area (Å²) in [6.07, 6.45) is 0.846. The van der Waals surface area contributed by atoms with Crippen molar-refractivity contribution in [1.82, 2.24) is 9.80 Å². The van der Waals surface area contributed by atoms with Crippen LogP contribution in [-0.4, -0.2) is 59.0 Å². The molecule has 1 aliphatic rings. The van der Waals surface area contributed by atoms with Gasteiger partial charge in [-0.15, -0.1) is 0 Å². The van der Waals surface area contributed by atoms with Gasteiger partial charge in [0, 0.05) is 38.4 Å². The number of carboxylic acid groups (broad SMARTS) is 1. The van der Waals surface area contributed by atoms with Crippen molar-refractivity contribution in [1.29, 1.82) is 0 Å². The lowest BCUT2D eigenvalue weighted by Crippen LogP contribution is -2.43. The molecule has 7 nitrogen and oxygen atoms in total. The number of nitrogens with zero attached hydrogens (tertiary/aromatic N) is 2. The lowest BCUT2D eigenvalue weighted by Gasteiger charge is -2.26. The molecule has 0 aliphatic carbocycles. The van der Waals surface area contributed by atoms with E-state index in [1.165, 1.54) is 0 Å². The van der Waals surface area contributed by atoms with E-state index in [0.717, 1.165) is 35.7 Å². The minimum Gasteiger partial charge on any atom is -0.478 e. The van der Waals surface area contributed by atoms with Gasteiger partial charge in [0.2, 0.25) is 5.91 Å². The first-order valence-corrected chi connectivity index (χ1v) is 11.9. The molecular weight excluding hydrogens is 442 g/mol. The number of hydrogen-bond acceptors (Lipinski definition) is 5. The molecule has 1 saturated heterocycles. The normalized spacial score (nSPS) is 15.2. The number of nitrogens with one attached hydrogen (secondary N) is 1. The number of rotatable bonds is 8. The van der Waals surface area contributed by atoms with Crippen molar-refractivity contribution in [3.05, 3.63) is 90.0 Å². The summed E-state index contributed by atoms with van der Waals surface area (Å²) >= 11 is 0. The van der Waals surface area contributed by atoms with Crippen LogP contribution in [0.1, 0.15) is 29.3 Å². The second-order valence-corrected chi connectivity index (χ2v) is 8.72. The topological polar surface area (TPSA) is 82.1 Å². The Kier molecular flexibility index (Phi) is 8.00. The first-order valence-electron chi connectivity index (χ1n) is 11.9. The summed E-state index contributed by atoms with van der Waals surface area (Å²) < 4.78 is 5.83. The number of amides is 1. The predicted molar refractivity (Wildman–Crippen MR) is 136 cm³/mol.